The molecule has 1 aromatic carbocycles. The van der Waals surface area contributed by atoms with Crippen molar-refractivity contribution in [2.45, 2.75) is 64.8 Å². The van der Waals surface area contributed by atoms with Crippen LogP contribution in [0.2, 0.25) is 0 Å². The third kappa shape index (κ3) is 4.63. The average Bonchev–Trinajstić information content (AvgIpc) is 3.39. The highest BCUT2D eigenvalue weighted by Gasteiger charge is 2.37. The zero-order valence-electron chi connectivity index (χ0n) is 20.5. The van der Waals surface area contributed by atoms with Crippen molar-refractivity contribution in [2.24, 2.45) is 11.8 Å². The van der Waals surface area contributed by atoms with Gasteiger partial charge in [-0.1, -0.05) is 19.0 Å². The Hall–Kier alpha value is -2.65. The number of anilines is 1. The summed E-state index contributed by atoms with van der Waals surface area (Å²) in [4.78, 5) is 19.1. The van der Waals surface area contributed by atoms with E-state index < -0.39 is 10.0 Å². The first-order chi connectivity index (χ1) is 16.1. The molecule has 4 rings (SSSR count). The standard InChI is InChI=1S/C25H34N4O4S/c1-16(2)14-17(3)29(22-6-7-23-21(15-22)8-11-26-23)25(30)20-9-12-28(13-10-20)34(31,32)24-18(4)27-33-19(24)5/h6-8,11,15-17,20,26H,9-10,12-14H2,1-5H3. The lowest BCUT2D eigenvalue weighted by Crippen LogP contribution is -2.47. The van der Waals surface area contributed by atoms with Crippen LogP contribution in [0.4, 0.5) is 5.69 Å². The molecule has 1 aliphatic heterocycles. The molecule has 2 aromatic heterocycles. The van der Waals surface area contributed by atoms with Crippen LogP contribution in [0.5, 0.6) is 0 Å². The van der Waals surface area contributed by atoms with Crippen LogP contribution in [-0.4, -0.2) is 47.9 Å². The van der Waals surface area contributed by atoms with Gasteiger partial charge in [-0.05, 0) is 70.2 Å². The van der Waals surface area contributed by atoms with Crippen LogP contribution in [0.3, 0.4) is 0 Å². The number of nitrogens with zero attached hydrogens (tertiary/aromatic N) is 3. The predicted molar refractivity (Wildman–Crippen MR) is 132 cm³/mol. The molecule has 3 heterocycles. The van der Waals surface area contributed by atoms with Gasteiger partial charge in [0.2, 0.25) is 15.9 Å². The topological polar surface area (TPSA) is 99.5 Å². The lowest BCUT2D eigenvalue weighted by Gasteiger charge is -2.37. The Bertz CT molecular complexity index is 1250. The van der Waals surface area contributed by atoms with Gasteiger partial charge < -0.3 is 14.4 Å². The highest BCUT2D eigenvalue weighted by molar-refractivity contribution is 7.89. The highest BCUT2D eigenvalue weighted by atomic mass is 32.2. The van der Waals surface area contributed by atoms with Gasteiger partial charge in [0, 0.05) is 47.8 Å². The summed E-state index contributed by atoms with van der Waals surface area (Å²) in [5.74, 6) is 0.581. The van der Waals surface area contributed by atoms with Crippen molar-refractivity contribution in [2.75, 3.05) is 18.0 Å². The Morgan fingerprint density at radius 3 is 2.53 bits per heavy atom. The summed E-state index contributed by atoms with van der Waals surface area (Å²) < 4.78 is 32.9. The van der Waals surface area contributed by atoms with Crippen LogP contribution in [0.1, 0.15) is 51.5 Å². The largest absolute Gasteiger partial charge is 0.361 e. The summed E-state index contributed by atoms with van der Waals surface area (Å²) in [6.07, 6.45) is 3.75. The molecule has 1 N–H and O–H groups in total. The monoisotopic (exact) mass is 486 g/mol. The van der Waals surface area contributed by atoms with Gasteiger partial charge in [0.1, 0.15) is 10.6 Å². The molecule has 1 atom stereocenters. The number of sulfonamides is 1. The molecule has 1 amide bonds. The summed E-state index contributed by atoms with van der Waals surface area (Å²) in [6, 6.07) is 8.09. The fourth-order valence-corrected chi connectivity index (χ4v) is 6.85. The lowest BCUT2D eigenvalue weighted by atomic mass is 9.94. The van der Waals surface area contributed by atoms with Crippen molar-refractivity contribution in [1.82, 2.24) is 14.4 Å². The number of nitrogens with one attached hydrogen (secondary N) is 1. The fourth-order valence-electron chi connectivity index (χ4n) is 5.09. The minimum atomic E-state index is -3.70. The summed E-state index contributed by atoms with van der Waals surface area (Å²) in [7, 11) is -3.70. The van der Waals surface area contributed by atoms with Crippen LogP contribution in [0.15, 0.2) is 39.9 Å². The van der Waals surface area contributed by atoms with E-state index in [0.717, 1.165) is 23.0 Å². The van der Waals surface area contributed by atoms with Gasteiger partial charge in [-0.3, -0.25) is 4.79 Å². The van der Waals surface area contributed by atoms with Crippen molar-refractivity contribution in [3.63, 3.8) is 0 Å². The zero-order valence-corrected chi connectivity index (χ0v) is 21.4. The number of rotatable bonds is 7. The molecule has 0 bridgehead atoms. The van der Waals surface area contributed by atoms with E-state index in [2.05, 4.69) is 37.0 Å². The predicted octanol–water partition coefficient (Wildman–Crippen LogP) is 4.64. The maximum absolute atomic E-state index is 13.8. The number of piperidine rings is 1. The lowest BCUT2D eigenvalue weighted by molar-refractivity contribution is -0.124. The van der Waals surface area contributed by atoms with Gasteiger partial charge in [-0.2, -0.15) is 4.31 Å². The number of aromatic nitrogens is 2. The molecule has 1 aliphatic rings. The number of H-pyrrole nitrogens is 1. The Morgan fingerprint density at radius 2 is 1.91 bits per heavy atom. The molecule has 1 saturated heterocycles. The van der Waals surface area contributed by atoms with Crippen molar-refractivity contribution >= 4 is 32.5 Å². The summed E-state index contributed by atoms with van der Waals surface area (Å²) in [5, 5.41) is 4.86. The number of hydrogen-bond donors (Lipinski definition) is 1. The molecular formula is C25H34N4O4S. The minimum absolute atomic E-state index is 0.0351. The third-order valence-electron chi connectivity index (χ3n) is 6.67. The zero-order chi connectivity index (χ0) is 24.6. The van der Waals surface area contributed by atoms with E-state index in [4.69, 9.17) is 4.52 Å². The molecule has 1 unspecified atom stereocenters. The van der Waals surface area contributed by atoms with Crippen LogP contribution < -0.4 is 4.90 Å². The molecule has 184 valence electrons. The van der Waals surface area contributed by atoms with E-state index in [1.165, 1.54) is 4.31 Å². The van der Waals surface area contributed by atoms with Crippen molar-refractivity contribution in [3.05, 3.63) is 41.9 Å². The molecule has 3 aromatic rings. The molecule has 0 spiro atoms. The second-order valence-electron chi connectivity index (χ2n) is 9.77. The third-order valence-corrected chi connectivity index (χ3v) is 8.82. The molecule has 8 nitrogen and oxygen atoms in total. The summed E-state index contributed by atoms with van der Waals surface area (Å²) >= 11 is 0. The van der Waals surface area contributed by atoms with Crippen molar-refractivity contribution in [1.29, 1.82) is 0 Å². The van der Waals surface area contributed by atoms with E-state index in [0.29, 0.717) is 43.3 Å². The number of aromatic amines is 1. The van der Waals surface area contributed by atoms with Crippen molar-refractivity contribution < 1.29 is 17.7 Å². The molecule has 34 heavy (non-hydrogen) atoms. The van der Waals surface area contributed by atoms with E-state index in [1.54, 1.807) is 13.8 Å². The van der Waals surface area contributed by atoms with Gasteiger partial charge in [0.05, 0.1) is 0 Å². The summed E-state index contributed by atoms with van der Waals surface area (Å²) in [5.41, 5.74) is 2.28. The Labute approximate surface area is 201 Å². The van der Waals surface area contributed by atoms with Gasteiger partial charge in [-0.15, -0.1) is 0 Å². The first kappa shape index (κ1) is 24.5. The highest BCUT2D eigenvalue weighted by Crippen LogP contribution is 2.32. The smallest absolute Gasteiger partial charge is 0.248 e. The first-order valence-corrected chi connectivity index (χ1v) is 13.4. The fraction of sp³-hybridized carbons (Fsp3) is 0.520. The number of hydrogen-bond acceptors (Lipinski definition) is 5. The normalized spacial score (nSPS) is 16.9. The van der Waals surface area contributed by atoms with Crippen molar-refractivity contribution in [3.8, 4) is 0 Å². The average molecular weight is 487 g/mol. The SMILES string of the molecule is Cc1noc(C)c1S(=O)(=O)N1CCC(C(=O)N(c2ccc3[nH]ccc3c2)C(C)CC(C)C)CC1. The molecule has 9 heteroatoms. The molecule has 0 saturated carbocycles. The second kappa shape index (κ2) is 9.54. The quantitative estimate of drug-likeness (QED) is 0.524. The molecule has 0 aliphatic carbocycles. The molecular weight excluding hydrogens is 452 g/mol. The molecule has 0 radical (unpaired) electrons. The summed E-state index contributed by atoms with van der Waals surface area (Å²) in [6.45, 7) is 10.3. The van der Waals surface area contributed by atoms with Gasteiger partial charge in [0.15, 0.2) is 5.76 Å². The number of aryl methyl sites for hydroxylation is 2. The number of carbonyl (C=O) groups is 1. The second-order valence-corrected chi connectivity index (χ2v) is 11.6. The Morgan fingerprint density at radius 1 is 1.21 bits per heavy atom. The van der Waals surface area contributed by atoms with Crippen LogP contribution >= 0.6 is 0 Å². The number of amides is 1. The minimum Gasteiger partial charge on any atom is -0.361 e. The number of fused-ring (bicyclic) bond motifs is 1. The number of carbonyl (C=O) groups excluding carboxylic acids is 1. The maximum Gasteiger partial charge on any atom is 0.248 e. The van der Waals surface area contributed by atoms with E-state index in [1.807, 2.05) is 29.3 Å². The van der Waals surface area contributed by atoms with E-state index in [9.17, 15) is 13.2 Å². The van der Waals surface area contributed by atoms with Crippen LogP contribution in [-0.2, 0) is 14.8 Å². The molecule has 1 fully saturated rings. The van der Waals surface area contributed by atoms with E-state index >= 15 is 0 Å². The first-order valence-electron chi connectivity index (χ1n) is 11.9. The van der Waals surface area contributed by atoms with Crippen LogP contribution in [0.25, 0.3) is 10.9 Å². The van der Waals surface area contributed by atoms with Gasteiger partial charge in [0.25, 0.3) is 0 Å². The Balaban J connectivity index is 1.54. The van der Waals surface area contributed by atoms with E-state index in [-0.39, 0.29) is 22.8 Å². The Kier molecular flexibility index (Phi) is 6.87. The maximum atomic E-state index is 13.8. The number of benzene rings is 1. The van der Waals surface area contributed by atoms with Gasteiger partial charge in [-0.25, -0.2) is 8.42 Å². The van der Waals surface area contributed by atoms with Gasteiger partial charge >= 0.3 is 0 Å². The van der Waals surface area contributed by atoms with Crippen LogP contribution in [0, 0.1) is 25.7 Å².